The highest BCUT2D eigenvalue weighted by atomic mass is 79.9. The van der Waals surface area contributed by atoms with E-state index in [2.05, 4.69) is 20.9 Å². The van der Waals surface area contributed by atoms with Crippen LogP contribution in [-0.4, -0.2) is 4.98 Å². The first-order valence-corrected chi connectivity index (χ1v) is 6.50. The van der Waals surface area contributed by atoms with E-state index in [1.165, 1.54) is 6.07 Å². The van der Waals surface area contributed by atoms with Crippen LogP contribution in [0.1, 0.15) is 10.4 Å². The van der Waals surface area contributed by atoms with Gasteiger partial charge in [0.15, 0.2) is 0 Å². The Kier molecular flexibility index (Phi) is 3.37. The number of hydrogen-bond donors (Lipinski definition) is 1. The second-order valence-electron chi connectivity index (χ2n) is 3.65. The third-order valence-electron chi connectivity index (χ3n) is 2.35. The van der Waals surface area contributed by atoms with Crippen LogP contribution >= 0.6 is 27.3 Å². The minimum absolute atomic E-state index is 0.0514. The van der Waals surface area contributed by atoms with Gasteiger partial charge in [0, 0.05) is 14.9 Å². The molecule has 0 bridgehead atoms. The number of anilines is 1. The third kappa shape index (κ3) is 2.51. The van der Waals surface area contributed by atoms with Crippen molar-refractivity contribution in [3.63, 3.8) is 0 Å². The highest BCUT2D eigenvalue weighted by Crippen LogP contribution is 2.40. The molecule has 2 rings (SSSR count). The number of hydrogen-bond acceptors (Lipinski definition) is 3. The van der Waals surface area contributed by atoms with Gasteiger partial charge in [-0.15, -0.1) is 11.3 Å². The molecule has 0 radical (unpaired) electrons. The molecule has 0 fully saturated rings. The third-order valence-corrected chi connectivity index (χ3v) is 3.86. The van der Waals surface area contributed by atoms with E-state index >= 15 is 0 Å². The van der Waals surface area contributed by atoms with Gasteiger partial charge in [0.05, 0.1) is 5.56 Å². The van der Waals surface area contributed by atoms with Crippen LogP contribution in [0.15, 0.2) is 22.7 Å². The van der Waals surface area contributed by atoms with Gasteiger partial charge in [-0.3, -0.25) is 0 Å². The molecule has 96 valence electrons. The predicted octanol–water partition coefficient (Wildman–Crippen LogP) is 4.48. The topological polar surface area (TPSA) is 38.9 Å². The maximum absolute atomic E-state index is 12.9. The molecule has 2 aromatic rings. The number of nitrogens with zero attached hydrogens (tertiary/aromatic N) is 1. The second-order valence-corrected chi connectivity index (χ2v) is 5.77. The average Bonchev–Trinajstić information content (AvgIpc) is 2.57. The first kappa shape index (κ1) is 13.4. The summed E-state index contributed by atoms with van der Waals surface area (Å²) < 4.78 is 39.2. The molecular weight excluding hydrogens is 329 g/mol. The fourth-order valence-corrected chi connectivity index (χ4v) is 2.69. The van der Waals surface area contributed by atoms with E-state index in [1.807, 2.05) is 0 Å². The molecule has 1 heterocycles. The molecule has 0 aliphatic rings. The zero-order valence-corrected chi connectivity index (χ0v) is 11.6. The number of thiazole rings is 1. The van der Waals surface area contributed by atoms with Crippen molar-refractivity contribution in [3.05, 3.63) is 33.1 Å². The van der Waals surface area contributed by atoms with Crippen molar-refractivity contribution in [2.75, 3.05) is 5.73 Å². The summed E-state index contributed by atoms with van der Waals surface area (Å²) >= 11 is 4.19. The SMILES string of the molecule is Cc1sc(-c2ccc(Br)cc2C(F)(F)F)nc1N. The number of aromatic nitrogens is 1. The van der Waals surface area contributed by atoms with Crippen LogP contribution < -0.4 is 5.73 Å². The van der Waals surface area contributed by atoms with Gasteiger partial charge in [0.2, 0.25) is 0 Å². The Bertz CT molecular complexity index is 573. The van der Waals surface area contributed by atoms with E-state index in [9.17, 15) is 13.2 Å². The van der Waals surface area contributed by atoms with Gasteiger partial charge in [-0.1, -0.05) is 22.0 Å². The van der Waals surface area contributed by atoms with Crippen LogP contribution in [0.4, 0.5) is 19.0 Å². The van der Waals surface area contributed by atoms with Gasteiger partial charge < -0.3 is 5.73 Å². The maximum Gasteiger partial charge on any atom is 0.417 e. The molecule has 0 aliphatic heterocycles. The fraction of sp³-hybridized carbons (Fsp3) is 0.182. The second kappa shape index (κ2) is 4.55. The number of aryl methyl sites for hydroxylation is 1. The Hall–Kier alpha value is -1.08. The van der Waals surface area contributed by atoms with E-state index in [0.717, 1.165) is 17.4 Å². The zero-order chi connectivity index (χ0) is 13.5. The minimum Gasteiger partial charge on any atom is -0.383 e. The van der Waals surface area contributed by atoms with Crippen molar-refractivity contribution >= 4 is 33.1 Å². The quantitative estimate of drug-likeness (QED) is 0.833. The summed E-state index contributed by atoms with van der Waals surface area (Å²) in [7, 11) is 0. The summed E-state index contributed by atoms with van der Waals surface area (Å²) in [6.45, 7) is 1.72. The maximum atomic E-state index is 12.9. The zero-order valence-electron chi connectivity index (χ0n) is 9.18. The Morgan fingerprint density at radius 3 is 2.50 bits per heavy atom. The van der Waals surface area contributed by atoms with Crippen molar-refractivity contribution in [1.82, 2.24) is 4.98 Å². The average molecular weight is 337 g/mol. The summed E-state index contributed by atoms with van der Waals surface area (Å²) in [4.78, 5) is 4.67. The van der Waals surface area contributed by atoms with Crippen molar-refractivity contribution in [3.8, 4) is 10.6 Å². The standard InChI is InChI=1S/C11H8BrF3N2S/c1-5-9(16)17-10(18-5)7-3-2-6(12)4-8(7)11(13,14)15/h2-4H,16H2,1H3. The lowest BCUT2D eigenvalue weighted by Crippen LogP contribution is -2.07. The Morgan fingerprint density at radius 1 is 1.33 bits per heavy atom. The molecule has 2 nitrogen and oxygen atoms in total. The van der Waals surface area contributed by atoms with E-state index < -0.39 is 11.7 Å². The molecule has 0 aliphatic carbocycles. The first-order valence-electron chi connectivity index (χ1n) is 4.89. The van der Waals surface area contributed by atoms with E-state index in [1.54, 1.807) is 13.0 Å². The Labute approximate surface area is 114 Å². The summed E-state index contributed by atoms with van der Waals surface area (Å²) in [5.74, 6) is 0.269. The van der Waals surface area contributed by atoms with Crippen molar-refractivity contribution < 1.29 is 13.2 Å². The van der Waals surface area contributed by atoms with Crippen LogP contribution in [0.25, 0.3) is 10.6 Å². The van der Waals surface area contributed by atoms with Gasteiger partial charge in [-0.05, 0) is 19.1 Å². The van der Waals surface area contributed by atoms with E-state index in [-0.39, 0.29) is 16.4 Å². The van der Waals surface area contributed by atoms with Crippen LogP contribution in [0, 0.1) is 6.92 Å². The molecule has 1 aromatic carbocycles. The molecule has 7 heteroatoms. The first-order chi connectivity index (χ1) is 8.29. The number of benzene rings is 1. The number of nitrogen functional groups attached to an aromatic ring is 1. The molecule has 0 amide bonds. The summed E-state index contributed by atoms with van der Waals surface area (Å²) in [5.41, 5.74) is 4.91. The van der Waals surface area contributed by atoms with Gasteiger partial charge >= 0.3 is 6.18 Å². The van der Waals surface area contributed by atoms with Gasteiger partial charge in [0.25, 0.3) is 0 Å². The molecule has 18 heavy (non-hydrogen) atoms. The molecule has 0 unspecified atom stereocenters. The normalized spacial score (nSPS) is 11.8. The summed E-state index contributed by atoms with van der Waals surface area (Å²) in [5, 5.41) is 0.282. The monoisotopic (exact) mass is 336 g/mol. The predicted molar refractivity (Wildman–Crippen MR) is 69.4 cm³/mol. The molecular formula is C11H8BrF3N2S. The van der Waals surface area contributed by atoms with Crippen molar-refractivity contribution in [2.24, 2.45) is 0 Å². The number of halogens is 4. The van der Waals surface area contributed by atoms with Crippen molar-refractivity contribution in [1.29, 1.82) is 0 Å². The molecule has 0 saturated heterocycles. The van der Waals surface area contributed by atoms with E-state index in [4.69, 9.17) is 5.73 Å². The van der Waals surface area contributed by atoms with Crippen molar-refractivity contribution in [2.45, 2.75) is 13.1 Å². The van der Waals surface area contributed by atoms with Gasteiger partial charge in [0.1, 0.15) is 10.8 Å². The van der Waals surface area contributed by atoms with Crippen LogP contribution in [0.3, 0.4) is 0 Å². The summed E-state index contributed by atoms with van der Waals surface area (Å²) in [6.07, 6.45) is -4.42. The van der Waals surface area contributed by atoms with Crippen LogP contribution in [0.2, 0.25) is 0 Å². The Morgan fingerprint density at radius 2 is 2.00 bits per heavy atom. The number of rotatable bonds is 1. The molecule has 1 aromatic heterocycles. The highest BCUT2D eigenvalue weighted by molar-refractivity contribution is 9.10. The molecule has 0 spiro atoms. The lowest BCUT2D eigenvalue weighted by Gasteiger charge is -2.11. The molecule has 0 atom stereocenters. The minimum atomic E-state index is -4.42. The summed E-state index contributed by atoms with van der Waals surface area (Å²) in [6, 6.07) is 3.99. The Balaban J connectivity index is 2.64. The molecule has 2 N–H and O–H groups in total. The number of nitrogens with two attached hydrogens (primary N) is 1. The van der Waals surface area contributed by atoms with E-state index in [0.29, 0.717) is 9.35 Å². The number of alkyl halides is 3. The largest absolute Gasteiger partial charge is 0.417 e. The molecule has 0 saturated carbocycles. The van der Waals surface area contributed by atoms with Crippen LogP contribution in [0.5, 0.6) is 0 Å². The van der Waals surface area contributed by atoms with Gasteiger partial charge in [-0.25, -0.2) is 4.98 Å². The highest BCUT2D eigenvalue weighted by Gasteiger charge is 2.34. The lowest BCUT2D eigenvalue weighted by atomic mass is 10.1. The fourth-order valence-electron chi connectivity index (χ4n) is 1.46. The van der Waals surface area contributed by atoms with Gasteiger partial charge in [-0.2, -0.15) is 13.2 Å². The lowest BCUT2D eigenvalue weighted by molar-refractivity contribution is -0.137. The van der Waals surface area contributed by atoms with Crippen LogP contribution in [-0.2, 0) is 6.18 Å². The smallest absolute Gasteiger partial charge is 0.383 e.